The fourth-order valence-corrected chi connectivity index (χ4v) is 6.24. The second-order valence-electron chi connectivity index (χ2n) is 12.6. The molecule has 2 fully saturated rings. The summed E-state index contributed by atoms with van der Waals surface area (Å²) >= 11 is 0. The van der Waals surface area contributed by atoms with E-state index in [1.165, 1.54) is 23.5 Å². The van der Waals surface area contributed by atoms with Crippen molar-refractivity contribution in [1.29, 1.82) is 0 Å². The predicted molar refractivity (Wildman–Crippen MR) is 194 cm³/mol. The van der Waals surface area contributed by atoms with Gasteiger partial charge >= 0.3 is 0 Å². The summed E-state index contributed by atoms with van der Waals surface area (Å²) in [7, 11) is 0. The van der Waals surface area contributed by atoms with Gasteiger partial charge in [-0.25, -0.2) is 23.7 Å². The van der Waals surface area contributed by atoms with Crippen molar-refractivity contribution in [2.45, 2.75) is 25.5 Å². The molecule has 0 spiro atoms. The van der Waals surface area contributed by atoms with Gasteiger partial charge in [-0.3, -0.25) is 9.59 Å². The fraction of sp³-hybridized carbons (Fsp3) is 0.289. The van der Waals surface area contributed by atoms with Crippen LogP contribution >= 0.6 is 0 Å². The molecule has 12 nitrogen and oxygen atoms in total. The van der Waals surface area contributed by atoms with E-state index in [1.807, 2.05) is 30.3 Å². The van der Waals surface area contributed by atoms with Crippen LogP contribution in [0.3, 0.4) is 0 Å². The number of piperidine rings is 1. The highest BCUT2D eigenvalue weighted by Gasteiger charge is 2.21. The minimum Gasteiger partial charge on any atom is -0.488 e. The first kappa shape index (κ1) is 34.7. The van der Waals surface area contributed by atoms with Crippen molar-refractivity contribution in [2.24, 2.45) is 0 Å². The normalized spacial score (nSPS) is 15.2. The Hall–Kier alpha value is -5.73. The molecule has 2 aliphatic heterocycles. The van der Waals surface area contributed by atoms with E-state index in [-0.39, 0.29) is 24.8 Å². The average Bonchev–Trinajstić information content (AvgIpc) is 3.17. The van der Waals surface area contributed by atoms with Crippen LogP contribution in [0.2, 0.25) is 0 Å². The Bertz CT molecular complexity index is 2120. The van der Waals surface area contributed by atoms with Crippen molar-refractivity contribution in [3.8, 4) is 5.75 Å². The van der Waals surface area contributed by atoms with Gasteiger partial charge in [0.05, 0.1) is 19.5 Å². The number of anilines is 3. The summed E-state index contributed by atoms with van der Waals surface area (Å²) in [5.41, 5.74) is 3.01. The number of ether oxygens (including phenoxy) is 2. The van der Waals surface area contributed by atoms with E-state index in [4.69, 9.17) is 14.5 Å². The third kappa shape index (κ3) is 8.41. The lowest BCUT2D eigenvalue weighted by Crippen LogP contribution is -2.36. The zero-order valence-electron chi connectivity index (χ0n) is 28.4. The van der Waals surface area contributed by atoms with E-state index >= 15 is 0 Å². The number of morpholine rings is 1. The van der Waals surface area contributed by atoms with Crippen LogP contribution in [-0.2, 0) is 11.3 Å². The first-order valence-corrected chi connectivity index (χ1v) is 17.2. The van der Waals surface area contributed by atoms with Gasteiger partial charge in [-0.1, -0.05) is 18.2 Å². The van der Waals surface area contributed by atoms with Crippen LogP contribution in [0.4, 0.5) is 26.1 Å². The molecule has 0 atom stereocenters. The number of hydrogen-bond acceptors (Lipinski definition) is 10. The minimum absolute atomic E-state index is 0.00424. The standard InChI is InChI=1S/C38H38F2N8O4/c39-32-8-3-26(19-33(32)40)23-48(37(50)31-22-42-24-44-36(31)49)13-1-2-25-18-27-21-43-38(46-35(27)34(20-25)52-30-9-11-41-12-10-30)45-28-4-6-29(7-5-28)47-14-16-51-17-15-47/h1-8,18-22,24,30,41H,9-17,23H2,(H,42,44,49)(H,43,45,46)/b2-1+. The van der Waals surface area contributed by atoms with Gasteiger partial charge in [0, 0.05) is 55.3 Å². The summed E-state index contributed by atoms with van der Waals surface area (Å²) in [5, 5.41) is 7.44. The topological polar surface area (TPSA) is 138 Å². The largest absolute Gasteiger partial charge is 0.488 e. The van der Waals surface area contributed by atoms with Gasteiger partial charge in [0.1, 0.15) is 22.9 Å². The van der Waals surface area contributed by atoms with Crippen LogP contribution in [0.15, 0.2) is 84.2 Å². The Morgan fingerprint density at radius 3 is 2.62 bits per heavy atom. The number of fused-ring (bicyclic) bond motifs is 1. The fourth-order valence-electron chi connectivity index (χ4n) is 6.24. The first-order valence-electron chi connectivity index (χ1n) is 17.2. The lowest BCUT2D eigenvalue weighted by molar-refractivity contribution is 0.0760. The van der Waals surface area contributed by atoms with Crippen LogP contribution in [0, 0.1) is 11.6 Å². The van der Waals surface area contributed by atoms with Crippen molar-refractivity contribution < 1.29 is 23.0 Å². The number of amides is 1. The molecule has 3 aromatic carbocycles. The smallest absolute Gasteiger partial charge is 0.263 e. The van der Waals surface area contributed by atoms with Crippen molar-refractivity contribution in [3.05, 3.63) is 118 Å². The third-order valence-corrected chi connectivity index (χ3v) is 8.98. The van der Waals surface area contributed by atoms with Gasteiger partial charge in [-0.05, 0) is 85.6 Å². The molecule has 0 unspecified atom stereocenters. The van der Waals surface area contributed by atoms with Crippen LogP contribution in [0.25, 0.3) is 17.0 Å². The number of halogens is 2. The molecule has 5 aromatic rings. The summed E-state index contributed by atoms with van der Waals surface area (Å²) in [4.78, 5) is 45.3. The lowest BCUT2D eigenvalue weighted by atomic mass is 10.1. The Balaban J connectivity index is 1.14. The summed E-state index contributed by atoms with van der Waals surface area (Å²) in [6.07, 6.45) is 9.40. The molecule has 0 saturated carbocycles. The molecule has 0 bridgehead atoms. The first-order chi connectivity index (χ1) is 25.4. The van der Waals surface area contributed by atoms with Crippen LogP contribution < -0.4 is 25.8 Å². The molecule has 2 saturated heterocycles. The quantitative estimate of drug-likeness (QED) is 0.171. The molecule has 0 aliphatic carbocycles. The second-order valence-corrected chi connectivity index (χ2v) is 12.6. The number of carbonyl (C=O) groups is 1. The number of aromatic nitrogens is 4. The van der Waals surface area contributed by atoms with Gasteiger partial charge in [-0.15, -0.1) is 0 Å². The Morgan fingerprint density at radius 2 is 1.85 bits per heavy atom. The molecule has 4 heterocycles. The van der Waals surface area contributed by atoms with E-state index in [2.05, 4.69) is 42.6 Å². The molecule has 52 heavy (non-hydrogen) atoms. The van der Waals surface area contributed by atoms with E-state index in [0.29, 0.717) is 22.8 Å². The molecule has 0 radical (unpaired) electrons. The highest BCUT2D eigenvalue weighted by molar-refractivity contribution is 5.93. The number of rotatable bonds is 11. The maximum atomic E-state index is 14.0. The van der Waals surface area contributed by atoms with Gasteiger partial charge in [-0.2, -0.15) is 0 Å². The van der Waals surface area contributed by atoms with Crippen LogP contribution in [-0.4, -0.2) is 82.8 Å². The number of hydrogen-bond donors (Lipinski definition) is 3. The second kappa shape index (κ2) is 16.1. The van der Waals surface area contributed by atoms with Crippen LogP contribution in [0.1, 0.15) is 34.3 Å². The monoisotopic (exact) mass is 708 g/mol. The maximum Gasteiger partial charge on any atom is 0.263 e. The molecular weight excluding hydrogens is 670 g/mol. The molecule has 2 aliphatic rings. The average molecular weight is 709 g/mol. The highest BCUT2D eigenvalue weighted by Crippen LogP contribution is 2.30. The molecule has 14 heteroatoms. The SMILES string of the molecule is O=C(c1cnc[nH]c1=O)N(C/C=C/c1cc(OC2CCNCC2)c2nc(Nc3ccc(N4CCOCC4)cc3)ncc2c1)Cc1ccc(F)c(F)c1. The Morgan fingerprint density at radius 1 is 1.04 bits per heavy atom. The maximum absolute atomic E-state index is 14.0. The lowest BCUT2D eigenvalue weighted by Gasteiger charge is -2.28. The van der Waals surface area contributed by atoms with Crippen LogP contribution in [0.5, 0.6) is 5.75 Å². The van der Waals surface area contributed by atoms with E-state index in [9.17, 15) is 18.4 Å². The summed E-state index contributed by atoms with van der Waals surface area (Å²) in [6, 6.07) is 15.4. The summed E-state index contributed by atoms with van der Waals surface area (Å²) in [5.74, 6) is -1.59. The number of benzene rings is 3. The minimum atomic E-state index is -1.03. The van der Waals surface area contributed by atoms with Crippen molar-refractivity contribution in [2.75, 3.05) is 56.2 Å². The molecule has 3 N–H and O–H groups in total. The Labute approximate surface area is 298 Å². The van der Waals surface area contributed by atoms with Crippen molar-refractivity contribution >= 4 is 40.2 Å². The van der Waals surface area contributed by atoms with E-state index in [0.717, 1.165) is 86.7 Å². The number of nitrogens with one attached hydrogen (secondary N) is 3. The van der Waals surface area contributed by atoms with Gasteiger partial charge in [0.25, 0.3) is 11.5 Å². The van der Waals surface area contributed by atoms with Gasteiger partial charge in [0.2, 0.25) is 5.95 Å². The molecule has 7 rings (SSSR count). The number of carbonyl (C=O) groups excluding carboxylic acids is 1. The predicted octanol–water partition coefficient (Wildman–Crippen LogP) is 5.06. The van der Waals surface area contributed by atoms with Gasteiger partial charge in [0.15, 0.2) is 11.6 Å². The Kier molecular flexibility index (Phi) is 10.7. The molecule has 268 valence electrons. The molecular formula is C38H38F2N8O4. The third-order valence-electron chi connectivity index (χ3n) is 8.98. The number of nitrogens with zero attached hydrogens (tertiary/aromatic N) is 5. The number of aromatic amines is 1. The zero-order chi connectivity index (χ0) is 35.9. The van der Waals surface area contributed by atoms with Crippen molar-refractivity contribution in [3.63, 3.8) is 0 Å². The van der Waals surface area contributed by atoms with E-state index in [1.54, 1.807) is 12.3 Å². The highest BCUT2D eigenvalue weighted by atomic mass is 19.2. The summed E-state index contributed by atoms with van der Waals surface area (Å²) in [6.45, 7) is 4.84. The molecule has 2 aromatic heterocycles. The van der Waals surface area contributed by atoms with Gasteiger partial charge < -0.3 is 34.9 Å². The summed E-state index contributed by atoms with van der Waals surface area (Å²) < 4.78 is 39.7. The zero-order valence-corrected chi connectivity index (χ0v) is 28.4. The molecule has 1 amide bonds. The number of H-pyrrole nitrogens is 1. The van der Waals surface area contributed by atoms with Crippen molar-refractivity contribution in [1.82, 2.24) is 30.2 Å². The van der Waals surface area contributed by atoms with E-state index < -0.39 is 23.1 Å².